The Bertz CT molecular complexity index is 491. The van der Waals surface area contributed by atoms with Crippen molar-refractivity contribution < 1.29 is 19.4 Å². The summed E-state index contributed by atoms with van der Waals surface area (Å²) in [5.74, 6) is -1.16. The van der Waals surface area contributed by atoms with Gasteiger partial charge in [0.05, 0.1) is 25.5 Å². The van der Waals surface area contributed by atoms with Crippen LogP contribution in [-0.2, 0) is 22.7 Å². The van der Waals surface area contributed by atoms with Crippen molar-refractivity contribution in [2.24, 2.45) is 0 Å². The number of esters is 1. The van der Waals surface area contributed by atoms with Crippen LogP contribution in [0.1, 0.15) is 28.5 Å². The quantitative estimate of drug-likeness (QED) is 0.706. The molecular formula is C10H11NO5. The van der Waals surface area contributed by atoms with Crippen LogP contribution in [0.15, 0.2) is 4.79 Å². The number of nitrogens with one attached hydrogen (secondary N) is 1. The molecule has 16 heavy (non-hydrogen) atoms. The second-order valence-corrected chi connectivity index (χ2v) is 3.35. The number of carbonyl (C=O) groups is 1. The van der Waals surface area contributed by atoms with E-state index in [0.29, 0.717) is 11.3 Å². The normalized spacial score (nSPS) is 13.6. The van der Waals surface area contributed by atoms with E-state index in [2.05, 4.69) is 9.72 Å². The average Bonchev–Trinajstić information content (AvgIpc) is 2.66. The van der Waals surface area contributed by atoms with E-state index < -0.39 is 11.5 Å². The first-order chi connectivity index (χ1) is 7.65. The van der Waals surface area contributed by atoms with Gasteiger partial charge in [-0.25, -0.2) is 4.79 Å². The standard InChI is InChI=1S/C10H11NO5/c1-2-16-10(14)7-8(12)5-3-15-4-6(5)11-9(7)13/h2-4H2,1H3,(H2,11,12,13). The molecule has 0 saturated heterocycles. The van der Waals surface area contributed by atoms with Gasteiger partial charge in [-0.15, -0.1) is 0 Å². The Morgan fingerprint density at radius 1 is 1.56 bits per heavy atom. The van der Waals surface area contributed by atoms with Gasteiger partial charge >= 0.3 is 5.97 Å². The Labute approximate surface area is 90.8 Å². The predicted octanol–water partition coefficient (Wildman–Crippen LogP) is 0.287. The fraction of sp³-hybridized carbons (Fsp3) is 0.400. The number of fused-ring (bicyclic) bond motifs is 1. The second-order valence-electron chi connectivity index (χ2n) is 3.35. The van der Waals surface area contributed by atoms with Crippen molar-refractivity contribution in [3.8, 4) is 5.75 Å². The summed E-state index contributed by atoms with van der Waals surface area (Å²) < 4.78 is 9.75. The maximum atomic E-state index is 11.5. The molecule has 0 aromatic carbocycles. The molecule has 2 heterocycles. The minimum absolute atomic E-state index is 0.144. The van der Waals surface area contributed by atoms with Crippen LogP contribution in [0.5, 0.6) is 5.75 Å². The smallest absolute Gasteiger partial charge is 0.347 e. The minimum atomic E-state index is -0.823. The summed E-state index contributed by atoms with van der Waals surface area (Å²) in [7, 11) is 0. The predicted molar refractivity (Wildman–Crippen MR) is 53.2 cm³/mol. The first-order valence-corrected chi connectivity index (χ1v) is 4.87. The Hall–Kier alpha value is -1.82. The van der Waals surface area contributed by atoms with Gasteiger partial charge in [0.2, 0.25) is 0 Å². The van der Waals surface area contributed by atoms with Crippen LogP contribution in [0.3, 0.4) is 0 Å². The molecule has 2 rings (SSSR count). The molecule has 0 amide bonds. The summed E-state index contributed by atoms with van der Waals surface area (Å²) >= 11 is 0. The van der Waals surface area contributed by atoms with Gasteiger partial charge in [-0.1, -0.05) is 0 Å². The van der Waals surface area contributed by atoms with E-state index in [4.69, 9.17) is 4.74 Å². The summed E-state index contributed by atoms with van der Waals surface area (Å²) in [4.78, 5) is 25.5. The van der Waals surface area contributed by atoms with Crippen molar-refractivity contribution in [3.63, 3.8) is 0 Å². The Morgan fingerprint density at radius 2 is 2.31 bits per heavy atom. The number of hydrogen-bond acceptors (Lipinski definition) is 5. The van der Waals surface area contributed by atoms with E-state index in [-0.39, 0.29) is 31.1 Å². The van der Waals surface area contributed by atoms with Gasteiger partial charge < -0.3 is 19.6 Å². The maximum absolute atomic E-state index is 11.5. The number of ether oxygens (including phenoxy) is 2. The lowest BCUT2D eigenvalue weighted by Gasteiger charge is -2.06. The molecule has 0 radical (unpaired) electrons. The molecule has 2 N–H and O–H groups in total. The molecule has 1 aromatic rings. The molecule has 1 aromatic heterocycles. The third-order valence-electron chi connectivity index (χ3n) is 2.35. The molecule has 0 bridgehead atoms. The van der Waals surface area contributed by atoms with Gasteiger partial charge in [0.25, 0.3) is 5.56 Å². The number of carbonyl (C=O) groups excluding carboxylic acids is 1. The first kappa shape index (κ1) is 10.7. The summed E-state index contributed by atoms with van der Waals surface area (Å²) in [5, 5.41) is 9.79. The van der Waals surface area contributed by atoms with E-state index in [0.717, 1.165) is 0 Å². The third kappa shape index (κ3) is 1.57. The van der Waals surface area contributed by atoms with Gasteiger partial charge in [0.15, 0.2) is 5.56 Å². The molecule has 86 valence electrons. The van der Waals surface area contributed by atoms with Gasteiger partial charge in [-0.2, -0.15) is 0 Å². The van der Waals surface area contributed by atoms with Crippen molar-refractivity contribution >= 4 is 5.97 Å². The number of hydrogen-bond donors (Lipinski definition) is 2. The van der Waals surface area contributed by atoms with Crippen LogP contribution in [0.2, 0.25) is 0 Å². The Balaban J connectivity index is 2.54. The highest BCUT2D eigenvalue weighted by Crippen LogP contribution is 2.28. The number of aromatic nitrogens is 1. The SMILES string of the molecule is CCOC(=O)c1c(O)c2c([nH]c1=O)COC2. The van der Waals surface area contributed by atoms with Gasteiger partial charge in [-0.3, -0.25) is 4.79 Å². The highest BCUT2D eigenvalue weighted by atomic mass is 16.5. The van der Waals surface area contributed by atoms with Crippen LogP contribution in [0.4, 0.5) is 0 Å². The van der Waals surface area contributed by atoms with E-state index >= 15 is 0 Å². The summed E-state index contributed by atoms with van der Waals surface area (Å²) in [6.45, 7) is 2.19. The van der Waals surface area contributed by atoms with Crippen LogP contribution < -0.4 is 5.56 Å². The van der Waals surface area contributed by atoms with E-state index in [9.17, 15) is 14.7 Å². The van der Waals surface area contributed by atoms with Crippen molar-refractivity contribution in [1.82, 2.24) is 4.98 Å². The molecule has 1 aliphatic rings. The topological polar surface area (TPSA) is 88.6 Å². The zero-order chi connectivity index (χ0) is 11.7. The third-order valence-corrected chi connectivity index (χ3v) is 2.35. The number of aromatic hydroxyl groups is 1. The van der Waals surface area contributed by atoms with Gasteiger partial charge in [-0.05, 0) is 6.92 Å². The average molecular weight is 225 g/mol. The zero-order valence-corrected chi connectivity index (χ0v) is 8.70. The number of H-pyrrole nitrogens is 1. The van der Waals surface area contributed by atoms with Crippen molar-refractivity contribution in [2.45, 2.75) is 20.1 Å². The van der Waals surface area contributed by atoms with Crippen molar-refractivity contribution in [2.75, 3.05) is 6.61 Å². The largest absolute Gasteiger partial charge is 0.506 e. The molecule has 0 saturated carbocycles. The zero-order valence-electron chi connectivity index (χ0n) is 8.70. The van der Waals surface area contributed by atoms with Crippen LogP contribution >= 0.6 is 0 Å². The van der Waals surface area contributed by atoms with E-state index in [1.54, 1.807) is 6.92 Å². The summed E-state index contributed by atoms with van der Waals surface area (Å²) in [6.07, 6.45) is 0. The molecule has 6 heteroatoms. The van der Waals surface area contributed by atoms with E-state index in [1.165, 1.54) is 0 Å². The molecule has 0 atom stereocenters. The summed E-state index contributed by atoms with van der Waals surface area (Å²) in [6, 6.07) is 0. The fourth-order valence-electron chi connectivity index (χ4n) is 1.60. The first-order valence-electron chi connectivity index (χ1n) is 4.87. The van der Waals surface area contributed by atoms with Crippen LogP contribution in [0.25, 0.3) is 0 Å². The molecular weight excluding hydrogens is 214 g/mol. The fourth-order valence-corrected chi connectivity index (χ4v) is 1.60. The van der Waals surface area contributed by atoms with Crippen molar-refractivity contribution in [1.29, 1.82) is 0 Å². The van der Waals surface area contributed by atoms with E-state index in [1.807, 2.05) is 0 Å². The Morgan fingerprint density at radius 3 is 3.00 bits per heavy atom. The highest BCUT2D eigenvalue weighted by Gasteiger charge is 2.25. The highest BCUT2D eigenvalue weighted by molar-refractivity contribution is 5.92. The van der Waals surface area contributed by atoms with Crippen LogP contribution in [-0.4, -0.2) is 22.7 Å². The molecule has 6 nitrogen and oxygen atoms in total. The number of aromatic amines is 1. The summed E-state index contributed by atoms with van der Waals surface area (Å²) in [5.41, 5.74) is -0.0514. The monoisotopic (exact) mass is 225 g/mol. The lowest BCUT2D eigenvalue weighted by molar-refractivity contribution is 0.0520. The number of pyridine rings is 1. The lowest BCUT2D eigenvalue weighted by Crippen LogP contribution is -2.21. The molecule has 1 aliphatic heterocycles. The molecule has 0 spiro atoms. The van der Waals surface area contributed by atoms with Crippen LogP contribution in [0, 0.1) is 0 Å². The molecule has 0 fully saturated rings. The van der Waals surface area contributed by atoms with Gasteiger partial charge in [0.1, 0.15) is 5.75 Å². The lowest BCUT2D eigenvalue weighted by atomic mass is 10.1. The maximum Gasteiger partial charge on any atom is 0.347 e. The van der Waals surface area contributed by atoms with Crippen molar-refractivity contribution in [3.05, 3.63) is 27.2 Å². The Kier molecular flexibility index (Phi) is 2.66. The molecule has 0 aliphatic carbocycles. The number of rotatable bonds is 2. The molecule has 0 unspecified atom stereocenters. The van der Waals surface area contributed by atoms with Gasteiger partial charge in [0, 0.05) is 5.56 Å². The second kappa shape index (κ2) is 3.97. The minimum Gasteiger partial charge on any atom is -0.506 e.